The van der Waals surface area contributed by atoms with Crippen molar-refractivity contribution in [2.24, 2.45) is 28.7 Å². The first-order chi connectivity index (χ1) is 10.3. The molecule has 3 atom stereocenters. The molecule has 4 saturated carbocycles. The lowest BCUT2D eigenvalue weighted by Gasteiger charge is -2.55. The van der Waals surface area contributed by atoms with Gasteiger partial charge in [0.2, 0.25) is 5.91 Å². The molecule has 4 aliphatic carbocycles. The van der Waals surface area contributed by atoms with E-state index in [0.29, 0.717) is 30.6 Å². The minimum absolute atomic E-state index is 0.0667. The van der Waals surface area contributed by atoms with Gasteiger partial charge < -0.3 is 5.32 Å². The average Bonchev–Trinajstić information content (AvgIpc) is 2.68. The Labute approximate surface area is 135 Å². The van der Waals surface area contributed by atoms with Crippen LogP contribution in [0.25, 0.3) is 0 Å². The number of amidine groups is 1. The highest BCUT2D eigenvalue weighted by molar-refractivity contribution is 8.16. The molecule has 122 valence electrons. The maximum atomic E-state index is 14.7. The number of hydrogen-bond acceptors (Lipinski definition) is 3. The van der Waals surface area contributed by atoms with Gasteiger partial charge in [0.05, 0.1) is 6.04 Å². The van der Waals surface area contributed by atoms with Crippen molar-refractivity contribution < 1.29 is 9.18 Å². The highest BCUT2D eigenvalue weighted by Crippen LogP contribution is 2.58. The standard InChI is InChI=1S/C17H25FN2OS/c1-9(2)16(3)14(21)20-15(22-16)19-13-11-4-10-5-12(13)8-17(18,6-10)7-11/h9-13H,4-8H2,1-3H3,(H,19,20,21). The van der Waals surface area contributed by atoms with E-state index in [2.05, 4.69) is 19.2 Å². The van der Waals surface area contributed by atoms with E-state index in [1.54, 1.807) is 11.8 Å². The molecule has 4 bridgehead atoms. The van der Waals surface area contributed by atoms with Gasteiger partial charge >= 0.3 is 0 Å². The molecule has 0 radical (unpaired) electrons. The smallest absolute Gasteiger partial charge is 0.242 e. The van der Waals surface area contributed by atoms with Crippen LogP contribution in [0.1, 0.15) is 52.9 Å². The van der Waals surface area contributed by atoms with E-state index in [9.17, 15) is 9.18 Å². The van der Waals surface area contributed by atoms with Crippen molar-refractivity contribution in [1.29, 1.82) is 0 Å². The maximum Gasteiger partial charge on any atom is 0.242 e. The molecule has 3 unspecified atom stereocenters. The summed E-state index contributed by atoms with van der Waals surface area (Å²) < 4.78 is 14.3. The van der Waals surface area contributed by atoms with Crippen LogP contribution < -0.4 is 5.32 Å². The number of aliphatic imine (C=N–C) groups is 1. The first-order valence-electron chi connectivity index (χ1n) is 8.56. The third-order valence-corrected chi connectivity index (χ3v) is 7.98. The SMILES string of the molecule is CC(C)C1(C)SC(=NC2C3CC4CC2CC(F)(C4)C3)NC1=O. The van der Waals surface area contributed by atoms with Gasteiger partial charge in [-0.25, -0.2) is 4.39 Å². The summed E-state index contributed by atoms with van der Waals surface area (Å²) in [6, 6.07) is 0.220. The number of halogens is 1. The zero-order chi connectivity index (χ0) is 15.7. The largest absolute Gasteiger partial charge is 0.304 e. The fraction of sp³-hybridized carbons (Fsp3) is 0.882. The number of nitrogens with one attached hydrogen (secondary N) is 1. The second kappa shape index (κ2) is 4.71. The molecule has 3 nitrogen and oxygen atoms in total. The van der Waals surface area contributed by atoms with E-state index in [4.69, 9.17) is 4.99 Å². The number of nitrogens with zero attached hydrogens (tertiary/aromatic N) is 1. The highest BCUT2D eigenvalue weighted by atomic mass is 32.2. The van der Waals surface area contributed by atoms with Gasteiger partial charge in [0, 0.05) is 0 Å². The van der Waals surface area contributed by atoms with Crippen molar-refractivity contribution >= 4 is 22.8 Å². The van der Waals surface area contributed by atoms with Crippen LogP contribution in [0.5, 0.6) is 0 Å². The van der Waals surface area contributed by atoms with Crippen LogP contribution in [0.15, 0.2) is 4.99 Å². The molecule has 0 aromatic carbocycles. The van der Waals surface area contributed by atoms with Gasteiger partial charge in [0.1, 0.15) is 10.4 Å². The van der Waals surface area contributed by atoms with Crippen molar-refractivity contribution in [2.75, 3.05) is 0 Å². The molecule has 22 heavy (non-hydrogen) atoms. The lowest BCUT2D eigenvalue weighted by molar-refractivity contribution is -0.122. The molecule has 0 aromatic rings. The molecular weight excluding hydrogens is 299 g/mol. The fourth-order valence-electron chi connectivity index (χ4n) is 5.18. The number of hydrogen-bond donors (Lipinski definition) is 1. The Kier molecular flexibility index (Phi) is 3.21. The number of thioether (sulfide) groups is 1. The molecule has 5 fully saturated rings. The summed E-state index contributed by atoms with van der Waals surface area (Å²) in [5, 5.41) is 3.74. The zero-order valence-corrected chi connectivity index (χ0v) is 14.4. The molecular formula is C17H25FN2OS. The van der Waals surface area contributed by atoms with E-state index in [0.717, 1.165) is 24.4 Å². The van der Waals surface area contributed by atoms with Gasteiger partial charge in [-0.15, -0.1) is 0 Å². The van der Waals surface area contributed by atoms with Gasteiger partial charge in [-0.3, -0.25) is 9.79 Å². The van der Waals surface area contributed by atoms with Gasteiger partial charge in [-0.2, -0.15) is 0 Å². The van der Waals surface area contributed by atoms with Crippen molar-refractivity contribution in [3.8, 4) is 0 Å². The summed E-state index contributed by atoms with van der Waals surface area (Å²) in [5.41, 5.74) is -0.911. The second-order valence-corrected chi connectivity index (χ2v) is 9.80. The van der Waals surface area contributed by atoms with Crippen LogP contribution in [0.4, 0.5) is 4.39 Å². The van der Waals surface area contributed by atoms with Crippen LogP contribution in [0, 0.1) is 23.7 Å². The van der Waals surface area contributed by atoms with Crippen LogP contribution in [-0.4, -0.2) is 27.5 Å². The zero-order valence-electron chi connectivity index (χ0n) is 13.6. The number of amides is 1. The van der Waals surface area contributed by atoms with E-state index < -0.39 is 10.4 Å². The Morgan fingerprint density at radius 2 is 1.91 bits per heavy atom. The normalized spacial score (nSPS) is 51.9. The first-order valence-corrected chi connectivity index (χ1v) is 9.38. The van der Waals surface area contributed by atoms with Crippen LogP contribution in [0.3, 0.4) is 0 Å². The van der Waals surface area contributed by atoms with E-state index in [-0.39, 0.29) is 17.9 Å². The summed E-state index contributed by atoms with van der Waals surface area (Å²) in [6.07, 6.45) is 4.40. The van der Waals surface area contributed by atoms with Crippen molar-refractivity contribution in [3.63, 3.8) is 0 Å². The Morgan fingerprint density at radius 1 is 1.27 bits per heavy atom. The number of carbonyl (C=O) groups excluding carboxylic acids is 1. The van der Waals surface area contributed by atoms with Gasteiger partial charge in [0.25, 0.3) is 0 Å². The molecule has 1 amide bonds. The molecule has 0 aromatic heterocycles. The monoisotopic (exact) mass is 324 g/mol. The third-order valence-electron chi connectivity index (χ3n) is 6.50. The molecule has 5 aliphatic rings. The molecule has 1 N–H and O–H groups in total. The first kappa shape index (κ1) is 15.0. The predicted molar refractivity (Wildman–Crippen MR) is 87.6 cm³/mol. The lowest BCUT2D eigenvalue weighted by Crippen LogP contribution is -2.54. The average molecular weight is 324 g/mol. The van der Waals surface area contributed by atoms with E-state index in [1.807, 2.05) is 6.92 Å². The van der Waals surface area contributed by atoms with Crippen LogP contribution in [0.2, 0.25) is 0 Å². The summed E-state index contributed by atoms with van der Waals surface area (Å²) in [7, 11) is 0. The van der Waals surface area contributed by atoms with Crippen molar-refractivity contribution in [2.45, 2.75) is 69.3 Å². The molecule has 1 saturated heterocycles. The van der Waals surface area contributed by atoms with Crippen LogP contribution >= 0.6 is 11.8 Å². The Hall–Kier alpha value is -0.580. The summed E-state index contributed by atoms with van der Waals surface area (Å²) in [5.74, 6) is 1.67. The van der Waals surface area contributed by atoms with E-state index >= 15 is 0 Å². The molecule has 1 heterocycles. The van der Waals surface area contributed by atoms with Gasteiger partial charge in [-0.05, 0) is 62.7 Å². The fourth-order valence-corrected chi connectivity index (χ4v) is 6.28. The molecule has 5 heteroatoms. The summed E-state index contributed by atoms with van der Waals surface area (Å²) >= 11 is 1.57. The predicted octanol–water partition coefficient (Wildman–Crippen LogP) is 3.54. The Bertz CT molecular complexity index is 533. The minimum Gasteiger partial charge on any atom is -0.304 e. The topological polar surface area (TPSA) is 41.5 Å². The number of carbonyl (C=O) groups is 1. The third kappa shape index (κ3) is 2.15. The number of alkyl halides is 1. The van der Waals surface area contributed by atoms with Crippen molar-refractivity contribution in [3.05, 3.63) is 0 Å². The Balaban J connectivity index is 1.56. The second-order valence-electron chi connectivity index (χ2n) is 8.36. The summed E-state index contributed by atoms with van der Waals surface area (Å²) in [6.45, 7) is 6.14. The highest BCUT2D eigenvalue weighted by Gasteiger charge is 2.56. The molecule has 1 aliphatic heterocycles. The Morgan fingerprint density at radius 3 is 2.41 bits per heavy atom. The maximum absolute atomic E-state index is 14.7. The van der Waals surface area contributed by atoms with E-state index in [1.165, 1.54) is 0 Å². The number of rotatable bonds is 2. The van der Waals surface area contributed by atoms with Crippen LogP contribution in [-0.2, 0) is 4.79 Å². The van der Waals surface area contributed by atoms with Crippen molar-refractivity contribution in [1.82, 2.24) is 5.32 Å². The molecule has 0 spiro atoms. The minimum atomic E-state index is -0.911. The van der Waals surface area contributed by atoms with Gasteiger partial charge in [0.15, 0.2) is 5.17 Å². The van der Waals surface area contributed by atoms with Gasteiger partial charge in [-0.1, -0.05) is 25.6 Å². The quantitative estimate of drug-likeness (QED) is 0.844. The lowest BCUT2D eigenvalue weighted by atomic mass is 9.53. The molecule has 5 rings (SSSR count). The summed E-state index contributed by atoms with van der Waals surface area (Å²) in [4.78, 5) is 17.2.